The molecule has 2 heterocycles. The Morgan fingerprint density at radius 3 is 2.70 bits per heavy atom. The number of nitrogens with zero attached hydrogens (tertiary/aromatic N) is 4. The number of rotatable bonds is 4. The Hall–Kier alpha value is -2.41. The molecular formula is C15H16ClN5O2. The number of nitro groups is 1. The van der Waals surface area contributed by atoms with Crippen LogP contribution in [0.3, 0.4) is 0 Å². The van der Waals surface area contributed by atoms with Crippen molar-refractivity contribution in [2.24, 2.45) is 0 Å². The third-order valence-electron chi connectivity index (χ3n) is 3.83. The van der Waals surface area contributed by atoms with Crippen LogP contribution in [0.25, 0.3) is 0 Å². The SMILES string of the molecule is Cc1cc(Cl)ccc1Nc1ncnc(N2CCCC2)c1[N+](=O)[O-]. The van der Waals surface area contributed by atoms with Gasteiger partial charge in [0.05, 0.1) is 4.92 Å². The minimum Gasteiger partial charge on any atom is -0.351 e. The molecule has 2 aromatic rings. The number of nitrogens with one attached hydrogen (secondary N) is 1. The molecule has 0 saturated carbocycles. The number of aromatic nitrogens is 2. The van der Waals surface area contributed by atoms with E-state index in [9.17, 15) is 10.1 Å². The number of halogens is 1. The summed E-state index contributed by atoms with van der Waals surface area (Å²) >= 11 is 5.94. The van der Waals surface area contributed by atoms with Crippen LogP contribution in [0.1, 0.15) is 18.4 Å². The van der Waals surface area contributed by atoms with E-state index in [1.165, 1.54) is 6.33 Å². The predicted molar refractivity (Wildman–Crippen MR) is 89.6 cm³/mol. The van der Waals surface area contributed by atoms with E-state index in [1.807, 2.05) is 11.8 Å². The van der Waals surface area contributed by atoms with Gasteiger partial charge in [0.15, 0.2) is 0 Å². The molecule has 0 amide bonds. The van der Waals surface area contributed by atoms with Crippen molar-refractivity contribution in [3.05, 3.63) is 45.2 Å². The molecule has 0 radical (unpaired) electrons. The zero-order valence-corrected chi connectivity index (χ0v) is 13.4. The molecule has 23 heavy (non-hydrogen) atoms. The predicted octanol–water partition coefficient (Wildman–Crippen LogP) is 3.69. The lowest BCUT2D eigenvalue weighted by atomic mass is 10.2. The smallest absolute Gasteiger partial charge is 0.351 e. The van der Waals surface area contributed by atoms with Crippen molar-refractivity contribution in [3.8, 4) is 0 Å². The molecule has 1 aromatic heterocycles. The molecule has 0 atom stereocenters. The second-order valence-corrected chi connectivity index (χ2v) is 5.87. The van der Waals surface area contributed by atoms with Gasteiger partial charge < -0.3 is 10.2 Å². The van der Waals surface area contributed by atoms with Gasteiger partial charge in [0.1, 0.15) is 6.33 Å². The van der Waals surface area contributed by atoms with E-state index in [-0.39, 0.29) is 11.5 Å². The molecule has 3 rings (SSSR count). The lowest BCUT2D eigenvalue weighted by molar-refractivity contribution is -0.383. The average Bonchev–Trinajstić information content (AvgIpc) is 3.04. The Kier molecular flexibility index (Phi) is 4.29. The minimum absolute atomic E-state index is 0.0937. The van der Waals surface area contributed by atoms with Crippen LogP contribution >= 0.6 is 11.6 Å². The first kappa shape index (κ1) is 15.5. The quantitative estimate of drug-likeness (QED) is 0.678. The molecule has 120 valence electrons. The first-order valence-corrected chi connectivity index (χ1v) is 7.71. The summed E-state index contributed by atoms with van der Waals surface area (Å²) in [5.41, 5.74) is 1.51. The first-order chi connectivity index (χ1) is 11.1. The van der Waals surface area contributed by atoms with Gasteiger partial charge in [-0.1, -0.05) is 11.6 Å². The van der Waals surface area contributed by atoms with Gasteiger partial charge in [-0.05, 0) is 43.5 Å². The number of hydrogen-bond acceptors (Lipinski definition) is 6. The van der Waals surface area contributed by atoms with Crippen LogP contribution in [-0.2, 0) is 0 Å². The third-order valence-corrected chi connectivity index (χ3v) is 4.07. The Bertz CT molecular complexity index is 747. The second-order valence-electron chi connectivity index (χ2n) is 5.43. The van der Waals surface area contributed by atoms with E-state index in [0.29, 0.717) is 10.8 Å². The monoisotopic (exact) mass is 333 g/mol. The van der Waals surface area contributed by atoms with Crippen LogP contribution in [0.5, 0.6) is 0 Å². The van der Waals surface area contributed by atoms with E-state index < -0.39 is 4.92 Å². The summed E-state index contributed by atoms with van der Waals surface area (Å²) in [5, 5.41) is 15.2. The summed E-state index contributed by atoms with van der Waals surface area (Å²) in [7, 11) is 0. The van der Waals surface area contributed by atoms with Crippen LogP contribution in [0, 0.1) is 17.0 Å². The Morgan fingerprint density at radius 1 is 1.30 bits per heavy atom. The van der Waals surface area contributed by atoms with Gasteiger partial charge in [-0.25, -0.2) is 9.97 Å². The molecule has 1 saturated heterocycles. The van der Waals surface area contributed by atoms with E-state index in [0.717, 1.165) is 37.2 Å². The summed E-state index contributed by atoms with van der Waals surface area (Å²) in [6.45, 7) is 3.43. The fourth-order valence-corrected chi connectivity index (χ4v) is 2.91. The van der Waals surface area contributed by atoms with Crippen molar-refractivity contribution >= 4 is 34.6 Å². The highest BCUT2D eigenvalue weighted by atomic mass is 35.5. The van der Waals surface area contributed by atoms with Gasteiger partial charge in [-0.3, -0.25) is 10.1 Å². The standard InChI is InChI=1S/C15H16ClN5O2/c1-10-8-11(16)4-5-12(10)19-14-13(21(22)23)15(18-9-17-14)20-6-2-3-7-20/h4-5,8-9H,2-3,6-7H2,1H3,(H,17,18,19). The highest BCUT2D eigenvalue weighted by Crippen LogP contribution is 2.35. The molecule has 1 aliphatic rings. The van der Waals surface area contributed by atoms with Gasteiger partial charge in [0, 0.05) is 23.8 Å². The summed E-state index contributed by atoms with van der Waals surface area (Å²) < 4.78 is 0. The van der Waals surface area contributed by atoms with Crippen molar-refractivity contribution in [2.45, 2.75) is 19.8 Å². The highest BCUT2D eigenvalue weighted by molar-refractivity contribution is 6.30. The Morgan fingerprint density at radius 2 is 2.04 bits per heavy atom. The number of benzene rings is 1. The first-order valence-electron chi connectivity index (χ1n) is 7.34. The van der Waals surface area contributed by atoms with Crippen LogP contribution in [0.2, 0.25) is 5.02 Å². The van der Waals surface area contributed by atoms with E-state index in [1.54, 1.807) is 18.2 Å². The summed E-state index contributed by atoms with van der Waals surface area (Å²) in [5.74, 6) is 0.564. The molecule has 0 aliphatic carbocycles. The van der Waals surface area contributed by atoms with Gasteiger partial charge in [-0.2, -0.15) is 0 Å². The number of hydrogen-bond donors (Lipinski definition) is 1. The Labute approximate surface area is 138 Å². The van der Waals surface area contributed by atoms with Crippen LogP contribution in [0.4, 0.5) is 23.0 Å². The molecule has 1 fully saturated rings. The third kappa shape index (κ3) is 3.19. The van der Waals surface area contributed by atoms with Gasteiger partial charge in [0.25, 0.3) is 0 Å². The molecular weight excluding hydrogens is 318 g/mol. The van der Waals surface area contributed by atoms with Gasteiger partial charge >= 0.3 is 5.69 Å². The van der Waals surface area contributed by atoms with Gasteiger partial charge in [-0.15, -0.1) is 0 Å². The van der Waals surface area contributed by atoms with E-state index in [4.69, 9.17) is 11.6 Å². The average molecular weight is 334 g/mol. The molecule has 0 unspecified atom stereocenters. The van der Waals surface area contributed by atoms with Crippen molar-refractivity contribution in [3.63, 3.8) is 0 Å². The molecule has 1 aliphatic heterocycles. The zero-order valence-electron chi connectivity index (χ0n) is 12.6. The summed E-state index contributed by atoms with van der Waals surface area (Å²) in [6, 6.07) is 5.29. The molecule has 8 heteroatoms. The van der Waals surface area contributed by atoms with Crippen molar-refractivity contribution in [1.82, 2.24) is 9.97 Å². The maximum Gasteiger partial charge on any atom is 0.353 e. The van der Waals surface area contributed by atoms with Crippen LogP contribution in [0.15, 0.2) is 24.5 Å². The fraction of sp³-hybridized carbons (Fsp3) is 0.333. The molecule has 0 bridgehead atoms. The van der Waals surface area contributed by atoms with Crippen LogP contribution < -0.4 is 10.2 Å². The minimum atomic E-state index is -0.429. The number of aryl methyl sites for hydroxylation is 1. The largest absolute Gasteiger partial charge is 0.353 e. The molecule has 7 nitrogen and oxygen atoms in total. The zero-order chi connectivity index (χ0) is 16.4. The molecule has 1 aromatic carbocycles. The van der Waals surface area contributed by atoms with E-state index in [2.05, 4.69) is 15.3 Å². The maximum atomic E-state index is 11.6. The molecule has 1 N–H and O–H groups in total. The van der Waals surface area contributed by atoms with E-state index >= 15 is 0 Å². The van der Waals surface area contributed by atoms with Crippen molar-refractivity contribution in [1.29, 1.82) is 0 Å². The molecule has 0 spiro atoms. The van der Waals surface area contributed by atoms with Crippen LogP contribution in [-0.4, -0.2) is 28.0 Å². The lowest BCUT2D eigenvalue weighted by Gasteiger charge is -2.17. The second kappa shape index (κ2) is 6.37. The topological polar surface area (TPSA) is 84.2 Å². The summed E-state index contributed by atoms with van der Waals surface area (Å²) in [4.78, 5) is 21.3. The van der Waals surface area contributed by atoms with Crippen molar-refractivity contribution < 1.29 is 4.92 Å². The Balaban J connectivity index is 2.01. The normalized spacial score (nSPS) is 14.1. The summed E-state index contributed by atoms with van der Waals surface area (Å²) in [6.07, 6.45) is 3.38. The van der Waals surface area contributed by atoms with Gasteiger partial charge in [0.2, 0.25) is 11.6 Å². The maximum absolute atomic E-state index is 11.6. The van der Waals surface area contributed by atoms with Crippen molar-refractivity contribution in [2.75, 3.05) is 23.3 Å². The highest BCUT2D eigenvalue weighted by Gasteiger charge is 2.28. The lowest BCUT2D eigenvalue weighted by Crippen LogP contribution is -2.21. The number of anilines is 3. The fourth-order valence-electron chi connectivity index (χ4n) is 2.68.